The molecule has 3 heteroatoms. The molecule has 10 heavy (non-hydrogen) atoms. The fourth-order valence-corrected chi connectivity index (χ4v) is 0.634. The number of esters is 1. The lowest BCUT2D eigenvalue weighted by Gasteiger charge is -2.06. The summed E-state index contributed by atoms with van der Waals surface area (Å²) in [5, 5.41) is 0. The van der Waals surface area contributed by atoms with Crippen molar-refractivity contribution in [2.45, 2.75) is 19.1 Å². The zero-order chi connectivity index (χ0) is 7.56. The van der Waals surface area contributed by atoms with Gasteiger partial charge in [0, 0.05) is 6.08 Å². The van der Waals surface area contributed by atoms with Gasteiger partial charge in [0.1, 0.15) is 12.2 Å². The van der Waals surface area contributed by atoms with Crippen molar-refractivity contribution in [1.29, 1.82) is 0 Å². The molecule has 0 aromatic rings. The smallest absolute Gasteiger partial charge is 0.330 e. The summed E-state index contributed by atoms with van der Waals surface area (Å²) in [6.07, 6.45) is 1.13. The lowest BCUT2D eigenvalue weighted by Crippen LogP contribution is -2.18. The van der Waals surface area contributed by atoms with Crippen LogP contribution in [0.2, 0.25) is 0 Å². The molecular formula is C7H10O3. The van der Waals surface area contributed by atoms with Crippen molar-refractivity contribution < 1.29 is 14.3 Å². The lowest BCUT2D eigenvalue weighted by atomic mass is 10.3. The van der Waals surface area contributed by atoms with E-state index in [9.17, 15) is 4.79 Å². The van der Waals surface area contributed by atoms with Gasteiger partial charge in [-0.15, -0.1) is 0 Å². The van der Waals surface area contributed by atoms with Crippen molar-refractivity contribution in [3.05, 3.63) is 12.7 Å². The standard InChI is InChI=1S/C7H10O3/c1-3-7(8)10-5(2)6-4-9-6/h3,5-6H,1,4H2,2H3. The number of hydrogen-bond acceptors (Lipinski definition) is 3. The second kappa shape index (κ2) is 2.84. The maximum absolute atomic E-state index is 10.6. The molecule has 0 aliphatic carbocycles. The number of ether oxygens (including phenoxy) is 2. The molecule has 0 N–H and O–H groups in total. The van der Waals surface area contributed by atoms with E-state index in [4.69, 9.17) is 9.47 Å². The van der Waals surface area contributed by atoms with Gasteiger partial charge < -0.3 is 9.47 Å². The van der Waals surface area contributed by atoms with Crippen LogP contribution < -0.4 is 0 Å². The van der Waals surface area contributed by atoms with E-state index in [0.29, 0.717) is 6.61 Å². The quantitative estimate of drug-likeness (QED) is 0.327. The Morgan fingerprint density at radius 2 is 2.60 bits per heavy atom. The van der Waals surface area contributed by atoms with Crippen LogP contribution in [0, 0.1) is 0 Å². The number of rotatable bonds is 3. The Morgan fingerprint density at radius 1 is 2.00 bits per heavy atom. The third-order valence-corrected chi connectivity index (χ3v) is 1.35. The highest BCUT2D eigenvalue weighted by Gasteiger charge is 2.31. The second-order valence-corrected chi connectivity index (χ2v) is 2.22. The van der Waals surface area contributed by atoms with Gasteiger partial charge in [-0.3, -0.25) is 0 Å². The van der Waals surface area contributed by atoms with Gasteiger partial charge in [0.2, 0.25) is 0 Å². The van der Waals surface area contributed by atoms with Gasteiger partial charge in [-0.25, -0.2) is 4.79 Å². The third-order valence-electron chi connectivity index (χ3n) is 1.35. The second-order valence-electron chi connectivity index (χ2n) is 2.22. The van der Waals surface area contributed by atoms with E-state index in [0.717, 1.165) is 6.08 Å². The van der Waals surface area contributed by atoms with Crippen LogP contribution in [0.25, 0.3) is 0 Å². The van der Waals surface area contributed by atoms with E-state index in [1.54, 1.807) is 6.92 Å². The minimum absolute atomic E-state index is 0.115. The summed E-state index contributed by atoms with van der Waals surface area (Å²) < 4.78 is 9.75. The van der Waals surface area contributed by atoms with E-state index in [1.807, 2.05) is 0 Å². The molecule has 0 spiro atoms. The summed E-state index contributed by atoms with van der Waals surface area (Å²) >= 11 is 0. The highest BCUT2D eigenvalue weighted by molar-refractivity contribution is 5.81. The van der Waals surface area contributed by atoms with Crippen molar-refractivity contribution in [2.75, 3.05) is 6.61 Å². The van der Waals surface area contributed by atoms with Crippen molar-refractivity contribution >= 4 is 5.97 Å². The first-order valence-corrected chi connectivity index (χ1v) is 3.18. The highest BCUT2D eigenvalue weighted by Crippen LogP contribution is 2.16. The molecule has 1 heterocycles. The van der Waals surface area contributed by atoms with Gasteiger partial charge >= 0.3 is 5.97 Å². The Labute approximate surface area is 59.6 Å². The molecule has 1 aliphatic rings. The third kappa shape index (κ3) is 1.84. The molecule has 2 atom stereocenters. The van der Waals surface area contributed by atoms with Gasteiger partial charge in [0.15, 0.2) is 0 Å². The van der Waals surface area contributed by atoms with Gasteiger partial charge in [-0.1, -0.05) is 6.58 Å². The maximum atomic E-state index is 10.6. The molecule has 1 aliphatic heterocycles. The van der Waals surface area contributed by atoms with Crippen LogP contribution in [-0.4, -0.2) is 24.8 Å². The van der Waals surface area contributed by atoms with Crippen LogP contribution >= 0.6 is 0 Å². The van der Waals surface area contributed by atoms with Crippen LogP contribution in [0.1, 0.15) is 6.92 Å². The Bertz CT molecular complexity index is 149. The van der Waals surface area contributed by atoms with Gasteiger partial charge in [-0.2, -0.15) is 0 Å². The largest absolute Gasteiger partial charge is 0.457 e. The minimum Gasteiger partial charge on any atom is -0.457 e. The van der Waals surface area contributed by atoms with E-state index < -0.39 is 0 Å². The van der Waals surface area contributed by atoms with Crippen LogP contribution in [0.3, 0.4) is 0 Å². The number of epoxide rings is 1. The van der Waals surface area contributed by atoms with Crippen molar-refractivity contribution in [3.63, 3.8) is 0 Å². The topological polar surface area (TPSA) is 38.8 Å². The van der Waals surface area contributed by atoms with E-state index in [-0.39, 0.29) is 18.2 Å². The monoisotopic (exact) mass is 142 g/mol. The summed E-state index contributed by atoms with van der Waals surface area (Å²) in [6, 6.07) is 0. The van der Waals surface area contributed by atoms with Crippen molar-refractivity contribution in [2.24, 2.45) is 0 Å². The molecule has 0 aromatic heterocycles. The lowest BCUT2D eigenvalue weighted by molar-refractivity contribution is -0.143. The molecule has 1 rings (SSSR count). The van der Waals surface area contributed by atoms with Crippen LogP contribution in [-0.2, 0) is 14.3 Å². The predicted molar refractivity (Wildman–Crippen MR) is 35.5 cm³/mol. The van der Waals surface area contributed by atoms with Gasteiger partial charge in [-0.05, 0) is 6.92 Å². The van der Waals surface area contributed by atoms with Crippen molar-refractivity contribution in [3.8, 4) is 0 Å². The summed E-state index contributed by atoms with van der Waals surface area (Å²) in [4.78, 5) is 10.6. The molecule has 0 bridgehead atoms. The Hall–Kier alpha value is -0.830. The zero-order valence-corrected chi connectivity index (χ0v) is 5.87. The van der Waals surface area contributed by atoms with E-state index in [2.05, 4.69) is 6.58 Å². The Kier molecular flexibility index (Phi) is 2.06. The molecule has 0 radical (unpaired) electrons. The fraction of sp³-hybridized carbons (Fsp3) is 0.571. The Balaban J connectivity index is 2.22. The highest BCUT2D eigenvalue weighted by atomic mass is 16.6. The molecule has 0 saturated carbocycles. The van der Waals surface area contributed by atoms with Crippen LogP contribution in [0.5, 0.6) is 0 Å². The van der Waals surface area contributed by atoms with Crippen molar-refractivity contribution in [1.82, 2.24) is 0 Å². The Morgan fingerprint density at radius 3 is 3.00 bits per heavy atom. The molecule has 3 nitrogen and oxygen atoms in total. The number of carbonyl (C=O) groups is 1. The fourth-order valence-electron chi connectivity index (χ4n) is 0.634. The summed E-state index contributed by atoms with van der Waals surface area (Å²) in [6.45, 7) is 5.78. The maximum Gasteiger partial charge on any atom is 0.330 e. The molecule has 56 valence electrons. The molecule has 2 unspecified atom stereocenters. The number of hydrogen-bond donors (Lipinski definition) is 0. The molecule has 1 fully saturated rings. The van der Waals surface area contributed by atoms with Gasteiger partial charge in [0.05, 0.1) is 6.61 Å². The van der Waals surface area contributed by atoms with E-state index in [1.165, 1.54) is 0 Å². The first-order valence-electron chi connectivity index (χ1n) is 3.18. The zero-order valence-electron chi connectivity index (χ0n) is 5.87. The number of carbonyl (C=O) groups excluding carboxylic acids is 1. The summed E-state index contributed by atoms with van der Waals surface area (Å²) in [5.74, 6) is -0.386. The first-order chi connectivity index (χ1) is 4.74. The minimum atomic E-state index is -0.386. The van der Waals surface area contributed by atoms with E-state index >= 15 is 0 Å². The van der Waals surface area contributed by atoms with Crippen LogP contribution in [0.15, 0.2) is 12.7 Å². The normalized spacial score (nSPS) is 25.1. The first kappa shape index (κ1) is 7.28. The predicted octanol–water partition coefficient (Wildman–Crippen LogP) is 0.503. The average molecular weight is 142 g/mol. The SMILES string of the molecule is C=CC(=O)OC(C)C1CO1. The molecular weight excluding hydrogens is 132 g/mol. The molecule has 0 amide bonds. The molecule has 1 saturated heterocycles. The van der Waals surface area contributed by atoms with Crippen LogP contribution in [0.4, 0.5) is 0 Å². The molecule has 0 aromatic carbocycles. The summed E-state index contributed by atoms with van der Waals surface area (Å²) in [7, 11) is 0. The average Bonchev–Trinajstić information content (AvgIpc) is 2.68. The van der Waals surface area contributed by atoms with Gasteiger partial charge in [0.25, 0.3) is 0 Å². The summed E-state index contributed by atoms with van der Waals surface area (Å²) in [5.41, 5.74) is 0.